The summed E-state index contributed by atoms with van der Waals surface area (Å²) >= 11 is 7.13. The normalized spacial score (nSPS) is 10.5. The number of halogens is 1. The summed E-state index contributed by atoms with van der Waals surface area (Å²) < 4.78 is 0. The van der Waals surface area contributed by atoms with Gasteiger partial charge in [-0.2, -0.15) is 0 Å². The molecule has 0 aliphatic rings. The van der Waals surface area contributed by atoms with E-state index in [1.165, 1.54) is 0 Å². The van der Waals surface area contributed by atoms with E-state index >= 15 is 0 Å². The van der Waals surface area contributed by atoms with Crippen molar-refractivity contribution in [2.45, 2.75) is 13.8 Å². The lowest BCUT2D eigenvalue weighted by molar-refractivity contribution is 0.0997. The number of rotatable bonds is 5. The Balaban J connectivity index is 1.85. The molecule has 0 fully saturated rings. The van der Waals surface area contributed by atoms with Gasteiger partial charge >= 0.3 is 0 Å². The van der Waals surface area contributed by atoms with Crippen LogP contribution in [-0.2, 0) is 0 Å². The molecule has 3 aromatic rings. The molecule has 0 atom stereocenters. The first kappa shape index (κ1) is 18.8. The van der Waals surface area contributed by atoms with Crippen molar-refractivity contribution in [2.24, 2.45) is 5.73 Å². The SMILES string of the molecule is Cc1ccc(Nc2nc(C(N)=O)c(NC(=O)c3ccc(C)nc3Cl)s2)cc1. The Morgan fingerprint density at radius 3 is 2.41 bits per heavy atom. The highest BCUT2D eigenvalue weighted by atomic mass is 35.5. The Hall–Kier alpha value is -2.97. The molecule has 0 spiro atoms. The van der Waals surface area contributed by atoms with E-state index < -0.39 is 11.8 Å². The van der Waals surface area contributed by atoms with Crippen molar-refractivity contribution in [3.63, 3.8) is 0 Å². The number of aryl methyl sites for hydroxylation is 2. The Morgan fingerprint density at radius 2 is 1.78 bits per heavy atom. The molecule has 3 rings (SSSR count). The number of nitrogens with zero attached hydrogens (tertiary/aromatic N) is 2. The topological polar surface area (TPSA) is 110 Å². The van der Waals surface area contributed by atoms with Crippen LogP contribution in [0.1, 0.15) is 32.1 Å². The second-order valence-corrected chi connectivity index (χ2v) is 7.15. The van der Waals surface area contributed by atoms with Gasteiger partial charge in [0.1, 0.15) is 10.2 Å². The molecule has 4 N–H and O–H groups in total. The van der Waals surface area contributed by atoms with E-state index in [0.29, 0.717) is 10.8 Å². The molecule has 0 saturated carbocycles. The number of benzene rings is 1. The van der Waals surface area contributed by atoms with Crippen molar-refractivity contribution < 1.29 is 9.59 Å². The minimum Gasteiger partial charge on any atom is -0.364 e. The average molecular weight is 402 g/mol. The molecule has 0 unspecified atom stereocenters. The molecule has 2 amide bonds. The molecule has 0 bridgehead atoms. The maximum Gasteiger partial charge on any atom is 0.270 e. The maximum atomic E-state index is 12.5. The van der Waals surface area contributed by atoms with Gasteiger partial charge in [0.05, 0.1) is 5.56 Å². The molecule has 138 valence electrons. The number of carbonyl (C=O) groups excluding carboxylic acids is 2. The van der Waals surface area contributed by atoms with Crippen molar-refractivity contribution in [2.75, 3.05) is 10.6 Å². The van der Waals surface area contributed by atoms with Gasteiger partial charge in [0.2, 0.25) is 0 Å². The summed E-state index contributed by atoms with van der Waals surface area (Å²) in [5.74, 6) is -1.24. The average Bonchev–Trinajstić information content (AvgIpc) is 2.99. The zero-order chi connectivity index (χ0) is 19.6. The summed E-state index contributed by atoms with van der Waals surface area (Å²) in [6, 6.07) is 10.9. The van der Waals surface area contributed by atoms with Crippen LogP contribution in [0, 0.1) is 13.8 Å². The Bertz CT molecular complexity index is 1020. The van der Waals surface area contributed by atoms with Crippen molar-refractivity contribution in [1.29, 1.82) is 0 Å². The van der Waals surface area contributed by atoms with E-state index in [9.17, 15) is 9.59 Å². The van der Waals surface area contributed by atoms with E-state index in [1.807, 2.05) is 31.2 Å². The van der Waals surface area contributed by atoms with Gasteiger partial charge in [-0.1, -0.05) is 40.6 Å². The molecule has 7 nitrogen and oxygen atoms in total. The number of aromatic nitrogens is 2. The fourth-order valence-corrected chi connectivity index (χ4v) is 3.42. The smallest absolute Gasteiger partial charge is 0.270 e. The number of amides is 2. The zero-order valence-corrected chi connectivity index (χ0v) is 16.1. The van der Waals surface area contributed by atoms with Gasteiger partial charge in [-0.05, 0) is 38.1 Å². The van der Waals surface area contributed by atoms with Crippen LogP contribution >= 0.6 is 22.9 Å². The maximum absolute atomic E-state index is 12.5. The quantitative estimate of drug-likeness (QED) is 0.561. The summed E-state index contributed by atoms with van der Waals surface area (Å²) in [4.78, 5) is 32.4. The Labute approximate surface area is 164 Å². The lowest BCUT2D eigenvalue weighted by atomic mass is 10.2. The summed E-state index contributed by atoms with van der Waals surface area (Å²) in [6.07, 6.45) is 0. The second-order valence-electron chi connectivity index (χ2n) is 5.80. The molecule has 9 heteroatoms. The van der Waals surface area contributed by atoms with Gasteiger partial charge in [-0.3, -0.25) is 9.59 Å². The fourth-order valence-electron chi connectivity index (χ4n) is 2.25. The predicted octanol–water partition coefficient (Wildman–Crippen LogP) is 3.90. The summed E-state index contributed by atoms with van der Waals surface area (Å²) in [5.41, 5.74) is 8.17. The molecular formula is C18H16ClN5O2S. The second kappa shape index (κ2) is 7.73. The molecule has 2 heterocycles. The van der Waals surface area contributed by atoms with Crippen molar-refractivity contribution in [3.8, 4) is 0 Å². The van der Waals surface area contributed by atoms with Crippen LogP contribution in [0.15, 0.2) is 36.4 Å². The minimum atomic E-state index is -0.744. The fraction of sp³-hybridized carbons (Fsp3) is 0.111. The lowest BCUT2D eigenvalue weighted by Crippen LogP contribution is -2.18. The highest BCUT2D eigenvalue weighted by Gasteiger charge is 2.20. The van der Waals surface area contributed by atoms with Crippen molar-refractivity contribution in [1.82, 2.24) is 9.97 Å². The molecule has 2 aromatic heterocycles. The molecule has 0 aliphatic carbocycles. The van der Waals surface area contributed by atoms with Crippen molar-refractivity contribution >= 4 is 50.6 Å². The van der Waals surface area contributed by atoms with E-state index in [2.05, 4.69) is 20.6 Å². The van der Waals surface area contributed by atoms with Gasteiger partial charge < -0.3 is 16.4 Å². The van der Waals surface area contributed by atoms with Crippen LogP contribution in [-0.4, -0.2) is 21.8 Å². The highest BCUT2D eigenvalue weighted by molar-refractivity contribution is 7.20. The molecule has 27 heavy (non-hydrogen) atoms. The molecule has 0 saturated heterocycles. The summed E-state index contributed by atoms with van der Waals surface area (Å²) in [7, 11) is 0. The molecule has 1 aromatic carbocycles. The third kappa shape index (κ3) is 4.42. The van der Waals surface area contributed by atoms with Gasteiger partial charge in [-0.15, -0.1) is 0 Å². The van der Waals surface area contributed by atoms with Gasteiger partial charge in [-0.25, -0.2) is 9.97 Å². The predicted molar refractivity (Wildman–Crippen MR) is 107 cm³/mol. The largest absolute Gasteiger partial charge is 0.364 e. The van der Waals surface area contributed by atoms with E-state index in [-0.39, 0.29) is 21.4 Å². The number of pyridine rings is 1. The lowest BCUT2D eigenvalue weighted by Gasteiger charge is -2.05. The number of hydrogen-bond acceptors (Lipinski definition) is 6. The van der Waals surface area contributed by atoms with E-state index in [0.717, 1.165) is 22.6 Å². The first-order chi connectivity index (χ1) is 12.8. The molecule has 0 aliphatic heterocycles. The van der Waals surface area contributed by atoms with Crippen LogP contribution in [0.25, 0.3) is 0 Å². The summed E-state index contributed by atoms with van der Waals surface area (Å²) in [6.45, 7) is 3.75. The number of primary amides is 1. The van der Waals surface area contributed by atoms with Crippen LogP contribution < -0.4 is 16.4 Å². The van der Waals surface area contributed by atoms with Crippen LogP contribution in [0.3, 0.4) is 0 Å². The zero-order valence-electron chi connectivity index (χ0n) is 14.5. The van der Waals surface area contributed by atoms with Crippen molar-refractivity contribution in [3.05, 3.63) is 64.1 Å². The number of hydrogen-bond donors (Lipinski definition) is 3. The van der Waals surface area contributed by atoms with Gasteiger partial charge in [0, 0.05) is 11.4 Å². The van der Waals surface area contributed by atoms with Crippen LogP contribution in [0.5, 0.6) is 0 Å². The highest BCUT2D eigenvalue weighted by Crippen LogP contribution is 2.31. The Kier molecular flexibility index (Phi) is 5.38. The third-order valence-corrected chi connectivity index (χ3v) is 4.80. The monoisotopic (exact) mass is 401 g/mol. The van der Waals surface area contributed by atoms with Gasteiger partial charge in [0.15, 0.2) is 10.8 Å². The number of nitrogens with one attached hydrogen (secondary N) is 2. The molecule has 0 radical (unpaired) electrons. The Morgan fingerprint density at radius 1 is 1.07 bits per heavy atom. The number of anilines is 3. The number of carbonyl (C=O) groups is 2. The van der Waals surface area contributed by atoms with Gasteiger partial charge in [0.25, 0.3) is 11.8 Å². The first-order valence-electron chi connectivity index (χ1n) is 7.92. The van der Waals surface area contributed by atoms with E-state index in [1.54, 1.807) is 19.1 Å². The minimum absolute atomic E-state index is 0.0286. The first-order valence-corrected chi connectivity index (χ1v) is 9.12. The van der Waals surface area contributed by atoms with Crippen LogP contribution in [0.4, 0.5) is 15.8 Å². The number of nitrogens with two attached hydrogens (primary N) is 1. The van der Waals surface area contributed by atoms with E-state index in [4.69, 9.17) is 17.3 Å². The third-order valence-electron chi connectivity index (χ3n) is 3.62. The molecular weight excluding hydrogens is 386 g/mol. The summed E-state index contributed by atoms with van der Waals surface area (Å²) in [5, 5.41) is 6.47. The number of thiazole rings is 1. The standard InChI is InChI=1S/C18H16ClN5O2S/c1-9-3-6-11(7-4-9)22-18-23-13(15(20)25)17(27-18)24-16(26)12-8-5-10(2)21-14(12)19/h3-8H,1-2H3,(H2,20,25)(H,22,23)(H,24,26). The van der Waals surface area contributed by atoms with Crippen LogP contribution in [0.2, 0.25) is 5.15 Å².